The van der Waals surface area contributed by atoms with Gasteiger partial charge >= 0.3 is 0 Å². The molecule has 0 radical (unpaired) electrons. The molecule has 17 atom stereocenters. The van der Waals surface area contributed by atoms with E-state index in [1.165, 1.54) is 173 Å². The van der Waals surface area contributed by atoms with Gasteiger partial charge in [0.2, 0.25) is 5.91 Å². The van der Waals surface area contributed by atoms with Gasteiger partial charge < -0.3 is 89.9 Å². The van der Waals surface area contributed by atoms with E-state index >= 15 is 0 Å². The lowest BCUT2D eigenvalue weighted by Gasteiger charge is -2.48. The molecule has 0 saturated carbocycles. The number of carbonyl (C=O) groups is 1. The molecule has 19 heteroatoms. The van der Waals surface area contributed by atoms with Gasteiger partial charge in [0.1, 0.15) is 73.2 Å². The lowest BCUT2D eigenvalue weighted by Crippen LogP contribution is -2.66. The summed E-state index contributed by atoms with van der Waals surface area (Å²) >= 11 is 0. The number of rotatable bonds is 49. The predicted octanol–water partition coefficient (Wildman–Crippen LogP) is 6.77. The number of hydrogen-bond donors (Lipinski definition) is 12. The van der Waals surface area contributed by atoms with Crippen LogP contribution in [0, 0.1) is 0 Å². The van der Waals surface area contributed by atoms with Crippen LogP contribution in [0.4, 0.5) is 0 Å². The van der Waals surface area contributed by atoms with Gasteiger partial charge in [-0.15, -0.1) is 0 Å². The monoisotopic (exact) mass is 1150 g/mol. The summed E-state index contributed by atoms with van der Waals surface area (Å²) in [6, 6.07) is -0.879. The average molecular weight is 1150 g/mol. The summed E-state index contributed by atoms with van der Waals surface area (Å²) in [5.74, 6) is -0.245. The molecule has 0 aliphatic carbocycles. The van der Waals surface area contributed by atoms with Crippen molar-refractivity contribution in [2.75, 3.05) is 26.4 Å². The third-order valence-electron chi connectivity index (χ3n) is 16.7. The van der Waals surface area contributed by atoms with Gasteiger partial charge in [-0.2, -0.15) is 0 Å². The van der Waals surface area contributed by atoms with Crippen molar-refractivity contribution in [3.05, 3.63) is 0 Å². The number of nitrogens with one attached hydrogen (secondary N) is 1. The molecule has 80 heavy (non-hydrogen) atoms. The van der Waals surface area contributed by atoms with E-state index in [4.69, 9.17) is 28.4 Å². The van der Waals surface area contributed by atoms with Crippen molar-refractivity contribution in [3.63, 3.8) is 0 Å². The second-order valence-corrected chi connectivity index (χ2v) is 23.6. The molecule has 0 spiro atoms. The largest absolute Gasteiger partial charge is 0.394 e. The van der Waals surface area contributed by atoms with Crippen LogP contribution in [0.15, 0.2) is 0 Å². The highest BCUT2D eigenvalue weighted by atomic mass is 16.8. The van der Waals surface area contributed by atoms with Crippen LogP contribution in [0.2, 0.25) is 0 Å². The molecular formula is C61H117NO18. The Bertz CT molecular complexity index is 1470. The lowest BCUT2D eigenvalue weighted by molar-refractivity contribution is -0.379. The molecule has 1 amide bonds. The van der Waals surface area contributed by atoms with Crippen LogP contribution in [-0.2, 0) is 33.2 Å². The van der Waals surface area contributed by atoms with Crippen LogP contribution in [0.3, 0.4) is 0 Å². The van der Waals surface area contributed by atoms with Crippen LogP contribution in [0.25, 0.3) is 0 Å². The summed E-state index contributed by atoms with van der Waals surface area (Å²) in [6.45, 7) is 1.77. The first-order valence-corrected chi connectivity index (χ1v) is 32.3. The van der Waals surface area contributed by atoms with Crippen molar-refractivity contribution in [2.45, 2.75) is 356 Å². The molecule has 474 valence electrons. The summed E-state index contributed by atoms with van der Waals surface area (Å²) < 4.78 is 34.3. The fourth-order valence-corrected chi connectivity index (χ4v) is 11.4. The molecule has 3 aliphatic rings. The number of aliphatic hydroxyl groups is 11. The minimum Gasteiger partial charge on any atom is -0.394 e. The molecule has 0 aromatic carbocycles. The highest BCUT2D eigenvalue weighted by molar-refractivity contribution is 5.76. The molecule has 19 nitrogen and oxygen atoms in total. The number of aliphatic hydroxyl groups excluding tert-OH is 11. The Morgan fingerprint density at radius 3 is 1.09 bits per heavy atom. The van der Waals surface area contributed by atoms with Crippen LogP contribution >= 0.6 is 0 Å². The zero-order chi connectivity index (χ0) is 58.3. The van der Waals surface area contributed by atoms with Gasteiger partial charge in [-0.25, -0.2) is 0 Å². The highest BCUT2D eigenvalue weighted by Crippen LogP contribution is 2.33. The van der Waals surface area contributed by atoms with Crippen LogP contribution in [0.1, 0.15) is 251 Å². The Balaban J connectivity index is 1.38. The van der Waals surface area contributed by atoms with Crippen molar-refractivity contribution in [2.24, 2.45) is 0 Å². The first-order valence-electron chi connectivity index (χ1n) is 32.3. The molecule has 3 rings (SSSR count). The normalized spacial score (nSPS) is 29.9. The van der Waals surface area contributed by atoms with Gasteiger partial charge in [0.15, 0.2) is 18.9 Å². The number of hydrogen-bond acceptors (Lipinski definition) is 18. The molecule has 3 fully saturated rings. The minimum absolute atomic E-state index is 0.245. The van der Waals surface area contributed by atoms with E-state index in [2.05, 4.69) is 19.2 Å². The number of carbonyl (C=O) groups excluding carboxylic acids is 1. The number of ether oxygens (including phenoxy) is 6. The molecule has 0 aromatic heterocycles. The quantitative estimate of drug-likeness (QED) is 0.0280. The van der Waals surface area contributed by atoms with Gasteiger partial charge in [0.05, 0.1) is 38.6 Å². The zero-order valence-corrected chi connectivity index (χ0v) is 49.6. The number of unbranched alkanes of at least 4 members (excludes halogenated alkanes) is 33. The van der Waals surface area contributed by atoms with Gasteiger partial charge in [-0.3, -0.25) is 4.79 Å². The van der Waals surface area contributed by atoms with Crippen LogP contribution < -0.4 is 5.32 Å². The van der Waals surface area contributed by atoms with E-state index in [9.17, 15) is 61.0 Å². The van der Waals surface area contributed by atoms with E-state index in [0.29, 0.717) is 12.8 Å². The maximum absolute atomic E-state index is 13.2. The molecule has 3 aliphatic heterocycles. The first kappa shape index (κ1) is 73.0. The predicted molar refractivity (Wildman–Crippen MR) is 305 cm³/mol. The second kappa shape index (κ2) is 45.2. The van der Waals surface area contributed by atoms with Gasteiger partial charge in [-0.1, -0.05) is 232 Å². The first-order chi connectivity index (χ1) is 38.8. The maximum Gasteiger partial charge on any atom is 0.220 e. The van der Waals surface area contributed by atoms with Crippen molar-refractivity contribution < 1.29 is 89.4 Å². The van der Waals surface area contributed by atoms with Gasteiger partial charge in [-0.05, 0) is 12.8 Å². The fourth-order valence-electron chi connectivity index (χ4n) is 11.4. The molecular weight excluding hydrogens is 1030 g/mol. The van der Waals surface area contributed by atoms with Crippen molar-refractivity contribution in [1.82, 2.24) is 5.32 Å². The third-order valence-corrected chi connectivity index (χ3v) is 16.7. The van der Waals surface area contributed by atoms with E-state index < -0.39 is 124 Å². The molecule has 3 saturated heterocycles. The van der Waals surface area contributed by atoms with Gasteiger partial charge in [0.25, 0.3) is 0 Å². The molecule has 17 unspecified atom stereocenters. The second-order valence-electron chi connectivity index (χ2n) is 23.6. The highest BCUT2D eigenvalue weighted by Gasteiger charge is 2.53. The van der Waals surface area contributed by atoms with E-state index in [1.54, 1.807) is 0 Å². The molecule has 0 aromatic rings. The van der Waals surface area contributed by atoms with Crippen LogP contribution in [0.5, 0.6) is 0 Å². The topological polar surface area (TPSA) is 307 Å². The Kier molecular flexibility index (Phi) is 41.2. The SMILES string of the molecule is CCCCCCCCCCCCCCCCCCCCCCCCCCCCCC(O)C(COC1OC(CO)C(OC2OC(CO)C(OC3OC(CO)C(O)C(O)C3O)C(O)C2O)C(O)C1O)NC(=O)CCCCCCCCCC. The molecule has 3 heterocycles. The van der Waals surface area contributed by atoms with Gasteiger partial charge in [0, 0.05) is 6.42 Å². The smallest absolute Gasteiger partial charge is 0.220 e. The Morgan fingerprint density at radius 1 is 0.400 bits per heavy atom. The summed E-state index contributed by atoms with van der Waals surface area (Å²) in [7, 11) is 0. The lowest BCUT2D eigenvalue weighted by atomic mass is 9.96. The Morgan fingerprint density at radius 2 is 0.713 bits per heavy atom. The summed E-state index contributed by atoms with van der Waals surface area (Å²) in [5, 5.41) is 120. The van der Waals surface area contributed by atoms with Crippen molar-refractivity contribution in [3.8, 4) is 0 Å². The fraction of sp³-hybridized carbons (Fsp3) is 0.984. The van der Waals surface area contributed by atoms with E-state index in [1.807, 2.05) is 0 Å². The zero-order valence-electron chi connectivity index (χ0n) is 49.6. The summed E-state index contributed by atoms with van der Waals surface area (Å²) in [5.41, 5.74) is 0. The van der Waals surface area contributed by atoms with Crippen LogP contribution in [-0.4, -0.2) is 193 Å². The van der Waals surface area contributed by atoms with Crippen molar-refractivity contribution in [1.29, 1.82) is 0 Å². The Hall–Kier alpha value is -1.21. The molecule has 12 N–H and O–H groups in total. The standard InChI is InChI=1S/C61H117NO18/c1-3-5-7-9-11-13-14-15-16-17-18-19-20-21-22-23-24-25-26-27-28-29-30-31-32-34-36-38-45(66)44(62-49(67)39-37-35-33-12-10-8-6-4-2)43-75-59-55(73)52(70)57(47(41-64)77-59)80-61-56(74)53(71)58(48(42-65)78-61)79-60-54(72)51(69)50(68)46(40-63)76-60/h44-48,50-61,63-66,68-74H,3-43H2,1-2H3,(H,62,67). The van der Waals surface area contributed by atoms with E-state index in [-0.39, 0.29) is 18.9 Å². The van der Waals surface area contributed by atoms with E-state index in [0.717, 1.165) is 44.9 Å². The Labute approximate surface area is 481 Å². The van der Waals surface area contributed by atoms with Crippen molar-refractivity contribution >= 4 is 5.91 Å². The maximum atomic E-state index is 13.2. The average Bonchev–Trinajstić information content (AvgIpc) is 3.47. The summed E-state index contributed by atoms with van der Waals surface area (Å²) in [4.78, 5) is 13.2. The number of amides is 1. The summed E-state index contributed by atoms with van der Waals surface area (Å²) in [6.07, 6.45) is 18.0. The molecule has 0 bridgehead atoms. The minimum atomic E-state index is -1.97. The third kappa shape index (κ3) is 28.3.